The standard InChI is InChI=1S/C10H12ClNO3/c1-2-14-10(13)9(11)15-8-5-3-7(12)4-6-8/h3-6,9H,2,12H2,1H3. The van der Waals surface area contributed by atoms with Gasteiger partial charge < -0.3 is 15.2 Å². The molecule has 0 saturated carbocycles. The van der Waals surface area contributed by atoms with Crippen LogP contribution in [0.25, 0.3) is 0 Å². The molecule has 82 valence electrons. The maximum Gasteiger partial charge on any atom is 0.363 e. The van der Waals surface area contributed by atoms with E-state index in [2.05, 4.69) is 4.74 Å². The second kappa shape index (κ2) is 5.46. The lowest BCUT2D eigenvalue weighted by Crippen LogP contribution is -2.23. The molecule has 5 heteroatoms. The predicted octanol–water partition coefficient (Wildman–Crippen LogP) is 1.78. The Morgan fingerprint density at radius 2 is 2.07 bits per heavy atom. The summed E-state index contributed by atoms with van der Waals surface area (Å²) in [5, 5.41) is 0. The monoisotopic (exact) mass is 229 g/mol. The third-order valence-corrected chi connectivity index (χ3v) is 1.86. The van der Waals surface area contributed by atoms with Crippen LogP contribution in [0.5, 0.6) is 5.75 Å². The average molecular weight is 230 g/mol. The number of anilines is 1. The highest BCUT2D eigenvalue weighted by atomic mass is 35.5. The van der Waals surface area contributed by atoms with E-state index in [-0.39, 0.29) is 6.61 Å². The Morgan fingerprint density at radius 3 is 2.60 bits per heavy atom. The van der Waals surface area contributed by atoms with Crippen LogP contribution in [0.15, 0.2) is 24.3 Å². The smallest absolute Gasteiger partial charge is 0.363 e. The van der Waals surface area contributed by atoms with Crippen molar-refractivity contribution in [2.45, 2.75) is 12.5 Å². The molecule has 0 aromatic heterocycles. The first-order valence-corrected chi connectivity index (χ1v) is 4.90. The minimum absolute atomic E-state index is 0.271. The fraction of sp³-hybridized carbons (Fsp3) is 0.300. The second-order valence-corrected chi connectivity index (χ2v) is 3.15. The van der Waals surface area contributed by atoms with Crippen LogP contribution in [0.4, 0.5) is 5.69 Å². The first-order chi connectivity index (χ1) is 7.13. The third-order valence-electron chi connectivity index (χ3n) is 1.59. The highest BCUT2D eigenvalue weighted by Crippen LogP contribution is 2.16. The summed E-state index contributed by atoms with van der Waals surface area (Å²) in [4.78, 5) is 11.1. The van der Waals surface area contributed by atoms with Crippen LogP contribution >= 0.6 is 11.6 Å². The van der Waals surface area contributed by atoms with Gasteiger partial charge in [0, 0.05) is 5.69 Å². The van der Waals surface area contributed by atoms with E-state index in [0.717, 1.165) is 0 Å². The van der Waals surface area contributed by atoms with Gasteiger partial charge in [-0.2, -0.15) is 0 Å². The zero-order valence-electron chi connectivity index (χ0n) is 8.27. The molecular weight excluding hydrogens is 218 g/mol. The molecule has 1 unspecified atom stereocenters. The van der Waals surface area contributed by atoms with Gasteiger partial charge in [-0.1, -0.05) is 11.6 Å². The Labute approximate surface area is 92.9 Å². The summed E-state index contributed by atoms with van der Waals surface area (Å²) in [5.41, 5.74) is 4.97. The van der Waals surface area contributed by atoms with Crippen molar-refractivity contribution >= 4 is 23.3 Å². The van der Waals surface area contributed by atoms with Crippen molar-refractivity contribution in [3.05, 3.63) is 24.3 Å². The number of ether oxygens (including phenoxy) is 2. The molecule has 1 atom stereocenters. The van der Waals surface area contributed by atoms with Crippen LogP contribution < -0.4 is 10.5 Å². The number of esters is 1. The van der Waals surface area contributed by atoms with Gasteiger partial charge in [0.25, 0.3) is 5.56 Å². The molecule has 0 aliphatic rings. The van der Waals surface area contributed by atoms with Gasteiger partial charge in [0.2, 0.25) is 0 Å². The minimum atomic E-state index is -1.13. The van der Waals surface area contributed by atoms with Gasteiger partial charge in [0.1, 0.15) is 5.75 Å². The van der Waals surface area contributed by atoms with E-state index in [1.807, 2.05) is 0 Å². The normalized spacial score (nSPS) is 11.9. The topological polar surface area (TPSA) is 61.5 Å². The van der Waals surface area contributed by atoms with Crippen LogP contribution in [-0.4, -0.2) is 18.1 Å². The summed E-state index contributed by atoms with van der Waals surface area (Å²) in [5.74, 6) is -0.131. The summed E-state index contributed by atoms with van der Waals surface area (Å²) in [6.07, 6.45) is 0. The van der Waals surface area contributed by atoms with E-state index < -0.39 is 11.5 Å². The number of nitrogen functional groups attached to an aromatic ring is 1. The first kappa shape index (κ1) is 11.7. The molecule has 0 radical (unpaired) electrons. The highest BCUT2D eigenvalue weighted by molar-refractivity contribution is 6.28. The number of nitrogens with two attached hydrogens (primary N) is 1. The molecule has 1 aromatic rings. The number of carbonyl (C=O) groups is 1. The molecule has 0 amide bonds. The van der Waals surface area contributed by atoms with Crippen LogP contribution in [0.2, 0.25) is 0 Å². The van der Waals surface area contributed by atoms with Gasteiger partial charge in [-0.25, -0.2) is 4.79 Å². The van der Waals surface area contributed by atoms with Crippen molar-refractivity contribution in [1.29, 1.82) is 0 Å². The fourth-order valence-electron chi connectivity index (χ4n) is 0.922. The van der Waals surface area contributed by atoms with Crippen molar-refractivity contribution in [2.75, 3.05) is 12.3 Å². The van der Waals surface area contributed by atoms with Gasteiger partial charge in [-0.3, -0.25) is 0 Å². The summed E-state index contributed by atoms with van der Waals surface area (Å²) in [7, 11) is 0. The number of benzene rings is 1. The van der Waals surface area contributed by atoms with Gasteiger partial charge in [0.15, 0.2) is 0 Å². The number of halogens is 1. The molecule has 1 aromatic carbocycles. The van der Waals surface area contributed by atoms with E-state index in [9.17, 15) is 4.79 Å². The van der Waals surface area contributed by atoms with Crippen LogP contribution in [-0.2, 0) is 9.53 Å². The Morgan fingerprint density at radius 1 is 1.47 bits per heavy atom. The molecular formula is C10H12ClNO3. The Kier molecular flexibility index (Phi) is 4.24. The summed E-state index contributed by atoms with van der Waals surface area (Å²) in [6.45, 7) is 1.97. The van der Waals surface area contributed by atoms with Crippen LogP contribution in [0.3, 0.4) is 0 Å². The predicted molar refractivity (Wildman–Crippen MR) is 57.8 cm³/mol. The number of carbonyl (C=O) groups excluding carboxylic acids is 1. The highest BCUT2D eigenvalue weighted by Gasteiger charge is 2.17. The zero-order chi connectivity index (χ0) is 11.3. The Hall–Kier alpha value is -1.42. The maximum absolute atomic E-state index is 11.1. The molecule has 0 heterocycles. The van der Waals surface area contributed by atoms with E-state index in [0.29, 0.717) is 11.4 Å². The summed E-state index contributed by atoms with van der Waals surface area (Å²) in [6, 6.07) is 6.57. The molecule has 0 saturated heterocycles. The molecule has 2 N–H and O–H groups in total. The lowest BCUT2D eigenvalue weighted by atomic mass is 10.3. The van der Waals surface area contributed by atoms with E-state index in [4.69, 9.17) is 22.1 Å². The molecule has 0 aliphatic heterocycles. The molecule has 0 spiro atoms. The number of alkyl halides is 1. The Balaban J connectivity index is 2.54. The summed E-state index contributed by atoms with van der Waals surface area (Å²) >= 11 is 5.66. The number of hydrogen-bond acceptors (Lipinski definition) is 4. The Bertz CT molecular complexity index is 326. The number of hydrogen-bond donors (Lipinski definition) is 1. The van der Waals surface area contributed by atoms with Crippen molar-refractivity contribution in [3.8, 4) is 5.75 Å². The number of rotatable bonds is 4. The lowest BCUT2D eigenvalue weighted by molar-refractivity contribution is -0.147. The quantitative estimate of drug-likeness (QED) is 0.486. The van der Waals surface area contributed by atoms with Gasteiger partial charge in [-0.15, -0.1) is 0 Å². The fourth-order valence-corrected chi connectivity index (χ4v) is 1.09. The maximum atomic E-state index is 11.1. The van der Waals surface area contributed by atoms with Gasteiger partial charge in [-0.05, 0) is 31.2 Å². The SMILES string of the molecule is CCOC(=O)C(Cl)Oc1ccc(N)cc1. The first-order valence-electron chi connectivity index (χ1n) is 4.46. The van der Waals surface area contributed by atoms with Gasteiger partial charge >= 0.3 is 5.97 Å². The largest absolute Gasteiger partial charge is 0.463 e. The van der Waals surface area contributed by atoms with Crippen LogP contribution in [0.1, 0.15) is 6.92 Å². The molecule has 0 fully saturated rings. The van der Waals surface area contributed by atoms with E-state index in [1.54, 1.807) is 31.2 Å². The molecule has 4 nitrogen and oxygen atoms in total. The van der Waals surface area contributed by atoms with Crippen molar-refractivity contribution < 1.29 is 14.3 Å². The average Bonchev–Trinajstić information content (AvgIpc) is 2.22. The zero-order valence-corrected chi connectivity index (χ0v) is 9.03. The van der Waals surface area contributed by atoms with E-state index in [1.165, 1.54) is 0 Å². The summed E-state index contributed by atoms with van der Waals surface area (Å²) < 4.78 is 9.80. The van der Waals surface area contributed by atoms with Crippen molar-refractivity contribution in [1.82, 2.24) is 0 Å². The molecule has 15 heavy (non-hydrogen) atoms. The molecule has 1 rings (SSSR count). The minimum Gasteiger partial charge on any atom is -0.463 e. The third kappa shape index (κ3) is 3.67. The molecule has 0 aliphatic carbocycles. The lowest BCUT2D eigenvalue weighted by Gasteiger charge is -2.11. The van der Waals surface area contributed by atoms with E-state index >= 15 is 0 Å². The van der Waals surface area contributed by atoms with Crippen LogP contribution in [0, 0.1) is 0 Å². The van der Waals surface area contributed by atoms with Gasteiger partial charge in [0.05, 0.1) is 6.61 Å². The second-order valence-electron chi connectivity index (χ2n) is 2.75. The van der Waals surface area contributed by atoms with Crippen molar-refractivity contribution in [2.24, 2.45) is 0 Å². The van der Waals surface area contributed by atoms with Crippen molar-refractivity contribution in [3.63, 3.8) is 0 Å². The molecule has 0 bridgehead atoms.